The van der Waals surface area contributed by atoms with Crippen LogP contribution in [-0.2, 0) is 6.42 Å². The minimum absolute atomic E-state index is 0.0226. The van der Waals surface area contributed by atoms with Gasteiger partial charge < -0.3 is 9.32 Å². The normalized spacial score (nSPS) is 15.5. The van der Waals surface area contributed by atoms with Crippen molar-refractivity contribution in [2.24, 2.45) is 10.8 Å². The van der Waals surface area contributed by atoms with Crippen molar-refractivity contribution in [2.45, 2.75) is 41.0 Å². The highest BCUT2D eigenvalue weighted by atomic mass is 16.4. The molecule has 0 saturated carbocycles. The molecule has 1 aliphatic rings. The molecular formula is C49H44N2O. The van der Waals surface area contributed by atoms with E-state index in [1.54, 1.807) is 0 Å². The summed E-state index contributed by atoms with van der Waals surface area (Å²) < 4.78 is 6.40. The minimum Gasteiger partial charge on any atom is -0.436 e. The second-order valence-corrected chi connectivity index (χ2v) is 15.2. The molecule has 0 amide bonds. The van der Waals surface area contributed by atoms with Gasteiger partial charge in [-0.3, -0.25) is 0 Å². The molecule has 52 heavy (non-hydrogen) atoms. The molecule has 0 bridgehead atoms. The van der Waals surface area contributed by atoms with E-state index in [4.69, 9.17) is 9.40 Å². The molecule has 0 N–H and O–H groups in total. The van der Waals surface area contributed by atoms with Gasteiger partial charge in [-0.15, -0.1) is 0 Å². The Labute approximate surface area is 308 Å². The highest BCUT2D eigenvalue weighted by Crippen LogP contribution is 2.48. The monoisotopic (exact) mass is 676 g/mol. The van der Waals surface area contributed by atoms with Crippen LogP contribution >= 0.6 is 0 Å². The van der Waals surface area contributed by atoms with E-state index in [9.17, 15) is 0 Å². The second kappa shape index (κ2) is 13.3. The van der Waals surface area contributed by atoms with Gasteiger partial charge in [-0.25, -0.2) is 4.98 Å². The van der Waals surface area contributed by atoms with E-state index in [1.807, 2.05) is 0 Å². The van der Waals surface area contributed by atoms with Gasteiger partial charge in [0.2, 0.25) is 5.89 Å². The predicted octanol–water partition coefficient (Wildman–Crippen LogP) is 13.8. The van der Waals surface area contributed by atoms with Gasteiger partial charge >= 0.3 is 0 Å². The number of para-hydroxylation sites is 2. The lowest BCUT2D eigenvalue weighted by molar-refractivity contribution is 0.164. The van der Waals surface area contributed by atoms with Gasteiger partial charge in [0, 0.05) is 29.0 Å². The maximum atomic E-state index is 6.40. The van der Waals surface area contributed by atoms with Crippen LogP contribution in [0.5, 0.6) is 0 Å². The van der Waals surface area contributed by atoms with Crippen molar-refractivity contribution >= 4 is 22.6 Å². The molecule has 1 aromatic heterocycles. The summed E-state index contributed by atoms with van der Waals surface area (Å²) in [4.78, 5) is 7.33. The summed E-state index contributed by atoms with van der Waals surface area (Å²) >= 11 is 0. The summed E-state index contributed by atoms with van der Waals surface area (Å²) in [5, 5.41) is 0. The van der Waals surface area contributed by atoms with Crippen LogP contribution in [0.3, 0.4) is 0 Å². The molecule has 0 aliphatic heterocycles. The summed E-state index contributed by atoms with van der Waals surface area (Å²) in [6, 6.07) is 56.0. The Morgan fingerprint density at radius 3 is 1.46 bits per heavy atom. The molecule has 1 aliphatic carbocycles. The molecule has 0 fully saturated rings. The number of nitrogens with zero attached hydrogens (tertiary/aromatic N) is 2. The summed E-state index contributed by atoms with van der Waals surface area (Å²) in [6.07, 6.45) is 3.25. The fraction of sp³-hybridized carbons (Fsp3) is 0.163. The molecule has 1 atom stereocenters. The van der Waals surface area contributed by atoms with Gasteiger partial charge in [0.05, 0.1) is 5.69 Å². The zero-order valence-corrected chi connectivity index (χ0v) is 30.6. The quantitative estimate of drug-likeness (QED) is 0.168. The lowest BCUT2D eigenvalue weighted by atomic mass is 9.63. The van der Waals surface area contributed by atoms with Crippen LogP contribution in [-0.4, -0.2) is 4.98 Å². The van der Waals surface area contributed by atoms with Crippen LogP contribution in [0.1, 0.15) is 46.1 Å². The Bertz CT molecular complexity index is 2320. The SMILES string of the molecule is CC1=CC(C)(C(C)(C)C)Cc2nc(-c3ccc(-c4ccccc4-c4ccccc4-c4ccc(N(c5ccccc5)c5ccccc5)cc4)cc3)oc21. The first-order valence-electron chi connectivity index (χ1n) is 18.2. The average Bonchev–Trinajstić information content (AvgIpc) is 3.60. The van der Waals surface area contributed by atoms with E-state index in [2.05, 4.69) is 203 Å². The Morgan fingerprint density at radius 1 is 0.538 bits per heavy atom. The molecular weight excluding hydrogens is 633 g/mol. The van der Waals surface area contributed by atoms with Crippen LogP contribution in [0.15, 0.2) is 168 Å². The van der Waals surface area contributed by atoms with E-state index in [0.717, 1.165) is 46.1 Å². The number of hydrogen-bond donors (Lipinski definition) is 0. The molecule has 7 aromatic rings. The van der Waals surface area contributed by atoms with E-state index in [1.165, 1.54) is 33.4 Å². The third kappa shape index (κ3) is 6.17. The van der Waals surface area contributed by atoms with Gasteiger partial charge in [-0.2, -0.15) is 0 Å². The first-order valence-corrected chi connectivity index (χ1v) is 18.2. The van der Waals surface area contributed by atoms with E-state index < -0.39 is 0 Å². The van der Waals surface area contributed by atoms with Crippen LogP contribution in [0, 0.1) is 10.8 Å². The second-order valence-electron chi connectivity index (χ2n) is 15.2. The van der Waals surface area contributed by atoms with E-state index in [-0.39, 0.29) is 10.8 Å². The molecule has 1 unspecified atom stereocenters. The Balaban J connectivity index is 1.11. The van der Waals surface area contributed by atoms with Crippen molar-refractivity contribution in [1.29, 1.82) is 0 Å². The number of hydrogen-bond acceptors (Lipinski definition) is 3. The maximum absolute atomic E-state index is 6.40. The molecule has 6 aromatic carbocycles. The van der Waals surface area contributed by atoms with Gasteiger partial charge in [0.1, 0.15) is 0 Å². The van der Waals surface area contributed by atoms with E-state index in [0.29, 0.717) is 5.89 Å². The zero-order chi connectivity index (χ0) is 35.9. The van der Waals surface area contributed by atoms with Gasteiger partial charge in [-0.1, -0.05) is 143 Å². The molecule has 0 saturated heterocycles. The number of fused-ring (bicyclic) bond motifs is 1. The van der Waals surface area contributed by atoms with Crippen molar-refractivity contribution in [3.63, 3.8) is 0 Å². The fourth-order valence-corrected chi connectivity index (χ4v) is 7.45. The number of rotatable bonds is 7. The number of oxazole rings is 1. The first-order chi connectivity index (χ1) is 25.2. The zero-order valence-electron chi connectivity index (χ0n) is 30.6. The van der Waals surface area contributed by atoms with Crippen molar-refractivity contribution in [3.8, 4) is 44.8 Å². The van der Waals surface area contributed by atoms with Crippen LogP contribution in [0.25, 0.3) is 50.4 Å². The van der Waals surface area contributed by atoms with Gasteiger partial charge in [0.25, 0.3) is 0 Å². The predicted molar refractivity (Wildman–Crippen MR) is 218 cm³/mol. The van der Waals surface area contributed by atoms with Gasteiger partial charge in [-0.05, 0) is 105 Å². The summed E-state index contributed by atoms with van der Waals surface area (Å²) in [7, 11) is 0. The third-order valence-electron chi connectivity index (χ3n) is 10.9. The number of aromatic nitrogens is 1. The average molecular weight is 677 g/mol. The number of allylic oxidation sites excluding steroid dienone is 2. The highest BCUT2D eigenvalue weighted by molar-refractivity contribution is 5.92. The minimum atomic E-state index is 0.0226. The lowest BCUT2D eigenvalue weighted by Gasteiger charge is -2.41. The van der Waals surface area contributed by atoms with Crippen molar-refractivity contribution in [2.75, 3.05) is 4.90 Å². The summed E-state index contributed by atoms with van der Waals surface area (Å²) in [5.41, 5.74) is 13.8. The lowest BCUT2D eigenvalue weighted by Crippen LogP contribution is -2.35. The maximum Gasteiger partial charge on any atom is 0.226 e. The Hall–Kier alpha value is -5.93. The molecule has 0 spiro atoms. The van der Waals surface area contributed by atoms with Crippen molar-refractivity contribution < 1.29 is 4.42 Å². The van der Waals surface area contributed by atoms with Crippen LogP contribution in [0.4, 0.5) is 17.1 Å². The topological polar surface area (TPSA) is 29.3 Å². The Morgan fingerprint density at radius 2 is 0.962 bits per heavy atom. The molecule has 0 radical (unpaired) electrons. The molecule has 256 valence electrons. The smallest absolute Gasteiger partial charge is 0.226 e. The highest BCUT2D eigenvalue weighted by Gasteiger charge is 2.40. The molecule has 3 nitrogen and oxygen atoms in total. The van der Waals surface area contributed by atoms with Gasteiger partial charge in [0.15, 0.2) is 5.76 Å². The van der Waals surface area contributed by atoms with Crippen molar-refractivity contribution in [1.82, 2.24) is 4.98 Å². The summed E-state index contributed by atoms with van der Waals surface area (Å²) in [6.45, 7) is 11.4. The standard InChI is InChI=1S/C49H44N2O/c1-34-32-49(5,48(2,3)4)33-45-46(34)52-47(50-45)37-26-24-35(25-27-37)41-20-12-14-22-43(41)44-23-15-13-21-42(44)36-28-30-40(31-29-36)51(38-16-8-6-9-17-38)39-18-10-7-11-19-39/h6-32H,33H2,1-5H3. The Kier molecular flexibility index (Phi) is 8.51. The fourth-order valence-electron chi connectivity index (χ4n) is 7.45. The molecule has 3 heteroatoms. The van der Waals surface area contributed by atoms with Crippen LogP contribution in [0.2, 0.25) is 0 Å². The molecule has 8 rings (SSSR count). The largest absolute Gasteiger partial charge is 0.436 e. The van der Waals surface area contributed by atoms with Crippen molar-refractivity contribution in [3.05, 3.63) is 175 Å². The number of benzene rings is 6. The first kappa shape index (κ1) is 33.2. The third-order valence-corrected chi connectivity index (χ3v) is 10.9. The summed E-state index contributed by atoms with van der Waals surface area (Å²) in [5.74, 6) is 1.60. The molecule has 1 heterocycles. The van der Waals surface area contributed by atoms with Crippen LogP contribution < -0.4 is 4.90 Å². The van der Waals surface area contributed by atoms with E-state index >= 15 is 0 Å². The number of anilines is 3.